The molecule has 178 valence electrons. The van der Waals surface area contributed by atoms with Gasteiger partial charge < -0.3 is 4.57 Å². The topological polar surface area (TPSA) is 25.2 Å². The quantitative estimate of drug-likeness (QED) is 0.261. The van der Waals surface area contributed by atoms with E-state index in [2.05, 4.69) is 111 Å². The molecule has 1 aliphatic heterocycles. The number of carbonyl (C=O) groups excluding carboxylic acids is 1. The van der Waals surface area contributed by atoms with Crippen LogP contribution in [0.5, 0.6) is 0 Å². The van der Waals surface area contributed by atoms with Crippen molar-refractivity contribution in [1.29, 1.82) is 0 Å². The van der Waals surface area contributed by atoms with E-state index in [9.17, 15) is 4.79 Å². The van der Waals surface area contributed by atoms with Crippen LogP contribution in [-0.2, 0) is 7.05 Å². The minimum Gasteiger partial charge on any atom is -0.343 e. The van der Waals surface area contributed by atoms with Crippen molar-refractivity contribution >= 4 is 22.5 Å². The molecule has 0 spiro atoms. The summed E-state index contributed by atoms with van der Waals surface area (Å²) in [6.45, 7) is 6.50. The lowest BCUT2D eigenvalue weighted by Gasteiger charge is -2.27. The van der Waals surface area contributed by atoms with E-state index in [0.717, 1.165) is 33.6 Å². The van der Waals surface area contributed by atoms with E-state index in [4.69, 9.17) is 0 Å². The predicted octanol–water partition coefficient (Wildman–Crippen LogP) is 8.03. The number of nitrogens with zero attached hydrogens (tertiary/aromatic N) is 2. The van der Waals surface area contributed by atoms with Gasteiger partial charge in [-0.05, 0) is 53.8 Å². The van der Waals surface area contributed by atoms with Gasteiger partial charge in [0.05, 0.1) is 11.7 Å². The highest BCUT2D eigenvalue weighted by molar-refractivity contribution is 6.13. The molecule has 0 bridgehead atoms. The van der Waals surface area contributed by atoms with Gasteiger partial charge in [-0.3, -0.25) is 9.69 Å². The molecule has 1 unspecified atom stereocenters. The number of hydrogen-bond donors (Lipinski definition) is 0. The van der Waals surface area contributed by atoms with Gasteiger partial charge in [0.1, 0.15) is 0 Å². The van der Waals surface area contributed by atoms with Gasteiger partial charge in [0.2, 0.25) is 0 Å². The average molecular weight is 471 g/mol. The van der Waals surface area contributed by atoms with Crippen LogP contribution in [0.25, 0.3) is 22.2 Å². The average Bonchev–Trinajstić information content (AvgIpc) is 3.35. The fraction of sp³-hybridized carbons (Fsp3) is 0.182. The Balaban J connectivity index is 1.65. The van der Waals surface area contributed by atoms with Crippen molar-refractivity contribution in [2.45, 2.75) is 32.7 Å². The van der Waals surface area contributed by atoms with Gasteiger partial charge in [-0.1, -0.05) is 92.2 Å². The van der Waals surface area contributed by atoms with E-state index >= 15 is 0 Å². The van der Waals surface area contributed by atoms with Crippen molar-refractivity contribution in [1.82, 2.24) is 4.57 Å². The first-order chi connectivity index (χ1) is 17.5. The van der Waals surface area contributed by atoms with Crippen LogP contribution in [0.2, 0.25) is 0 Å². The molecule has 1 atom stereocenters. The van der Waals surface area contributed by atoms with Crippen LogP contribution in [0.3, 0.4) is 0 Å². The van der Waals surface area contributed by atoms with Gasteiger partial charge in [-0.2, -0.15) is 0 Å². The lowest BCUT2D eigenvalue weighted by Crippen LogP contribution is -2.28. The normalized spacial score (nSPS) is 15.2. The smallest absolute Gasteiger partial charge is 0.259 e. The van der Waals surface area contributed by atoms with E-state index in [-0.39, 0.29) is 11.9 Å². The second-order valence-electron chi connectivity index (χ2n) is 10.1. The van der Waals surface area contributed by atoms with Crippen molar-refractivity contribution in [2.24, 2.45) is 7.05 Å². The third kappa shape index (κ3) is 3.38. The molecule has 1 aliphatic rings. The molecule has 6 rings (SSSR count). The maximum Gasteiger partial charge on any atom is 0.259 e. The number of amides is 1. The molecule has 0 saturated heterocycles. The Bertz CT molecular complexity index is 1590. The van der Waals surface area contributed by atoms with Gasteiger partial charge in [-0.25, -0.2) is 0 Å². The number of fused-ring (bicyclic) bond motifs is 2. The fourth-order valence-corrected chi connectivity index (χ4v) is 5.65. The standard InChI is InChI=1S/C33H30N2O/c1-21(2)23-17-19-25(20-18-23)35-32(26-9-5-6-10-27(26)33(35)36)30-28-11-7-8-12-29(28)34(4)31(30)24-15-13-22(3)14-16-24/h5-21,32H,1-4H3. The molecule has 3 heteroatoms. The van der Waals surface area contributed by atoms with E-state index in [0.29, 0.717) is 5.92 Å². The minimum absolute atomic E-state index is 0.0516. The third-order valence-corrected chi connectivity index (χ3v) is 7.55. The zero-order valence-corrected chi connectivity index (χ0v) is 21.2. The van der Waals surface area contributed by atoms with Crippen LogP contribution in [0.4, 0.5) is 5.69 Å². The number of benzene rings is 4. The van der Waals surface area contributed by atoms with Crippen molar-refractivity contribution < 1.29 is 4.79 Å². The number of hydrogen-bond acceptors (Lipinski definition) is 1. The molecular formula is C33H30N2O. The zero-order chi connectivity index (χ0) is 25.0. The van der Waals surface area contributed by atoms with Crippen LogP contribution in [0.15, 0.2) is 97.1 Å². The van der Waals surface area contributed by atoms with E-state index in [1.165, 1.54) is 22.1 Å². The van der Waals surface area contributed by atoms with Crippen LogP contribution in [0.1, 0.15) is 58.4 Å². The van der Waals surface area contributed by atoms with Gasteiger partial charge in [0, 0.05) is 34.8 Å². The second-order valence-corrected chi connectivity index (χ2v) is 10.1. The summed E-state index contributed by atoms with van der Waals surface area (Å²) >= 11 is 0. The summed E-state index contributed by atoms with van der Waals surface area (Å²) in [6.07, 6.45) is 0. The van der Waals surface area contributed by atoms with Crippen molar-refractivity contribution in [2.75, 3.05) is 4.90 Å². The largest absolute Gasteiger partial charge is 0.343 e. The maximum absolute atomic E-state index is 14.0. The van der Waals surface area contributed by atoms with Crippen LogP contribution in [-0.4, -0.2) is 10.5 Å². The third-order valence-electron chi connectivity index (χ3n) is 7.55. The van der Waals surface area contributed by atoms with Crippen molar-refractivity contribution in [3.8, 4) is 11.3 Å². The Kier molecular flexibility index (Phi) is 5.30. The SMILES string of the molecule is Cc1ccc(-c2c(C3c4ccccc4C(=O)N3c3ccc(C(C)C)cc3)c3ccccc3n2C)cc1. The Hall–Kier alpha value is -4.11. The van der Waals surface area contributed by atoms with Crippen molar-refractivity contribution in [3.05, 3.63) is 125 Å². The number of para-hydroxylation sites is 1. The first-order valence-corrected chi connectivity index (χ1v) is 12.6. The van der Waals surface area contributed by atoms with E-state index in [1.807, 2.05) is 23.1 Å². The maximum atomic E-state index is 14.0. The minimum atomic E-state index is -0.221. The summed E-state index contributed by atoms with van der Waals surface area (Å²) in [5.41, 5.74) is 9.89. The Morgan fingerprint density at radius 1 is 0.778 bits per heavy atom. The highest BCUT2D eigenvalue weighted by atomic mass is 16.2. The van der Waals surface area contributed by atoms with Gasteiger partial charge in [-0.15, -0.1) is 0 Å². The lowest BCUT2D eigenvalue weighted by atomic mass is 9.92. The summed E-state index contributed by atoms with van der Waals surface area (Å²) in [4.78, 5) is 15.9. The van der Waals surface area contributed by atoms with E-state index < -0.39 is 0 Å². The number of aryl methyl sites for hydroxylation is 2. The molecule has 1 aromatic heterocycles. The summed E-state index contributed by atoms with van der Waals surface area (Å²) in [7, 11) is 2.13. The number of aromatic nitrogens is 1. The molecule has 5 aromatic rings. The summed E-state index contributed by atoms with van der Waals surface area (Å²) in [6, 6.07) is 33.6. The highest BCUT2D eigenvalue weighted by Gasteiger charge is 2.41. The highest BCUT2D eigenvalue weighted by Crippen LogP contribution is 2.48. The molecule has 2 heterocycles. The molecule has 0 radical (unpaired) electrons. The second kappa shape index (κ2) is 8.53. The van der Waals surface area contributed by atoms with E-state index in [1.54, 1.807) is 0 Å². The molecular weight excluding hydrogens is 440 g/mol. The summed E-state index contributed by atoms with van der Waals surface area (Å²) < 4.78 is 2.28. The molecule has 4 aromatic carbocycles. The lowest BCUT2D eigenvalue weighted by molar-refractivity contribution is 0.0993. The molecule has 3 nitrogen and oxygen atoms in total. The number of anilines is 1. The molecule has 0 fully saturated rings. The number of rotatable bonds is 4. The Morgan fingerprint density at radius 2 is 1.44 bits per heavy atom. The molecule has 0 saturated carbocycles. The first-order valence-electron chi connectivity index (χ1n) is 12.6. The van der Waals surface area contributed by atoms with Crippen LogP contribution in [0, 0.1) is 6.92 Å². The predicted molar refractivity (Wildman–Crippen MR) is 149 cm³/mol. The fourth-order valence-electron chi connectivity index (χ4n) is 5.65. The molecule has 1 amide bonds. The van der Waals surface area contributed by atoms with Crippen molar-refractivity contribution in [3.63, 3.8) is 0 Å². The molecule has 0 aliphatic carbocycles. The van der Waals surface area contributed by atoms with Gasteiger partial charge in [0.25, 0.3) is 5.91 Å². The Morgan fingerprint density at radius 3 is 2.17 bits per heavy atom. The first kappa shape index (κ1) is 22.4. The van der Waals surface area contributed by atoms with Crippen LogP contribution >= 0.6 is 0 Å². The summed E-state index contributed by atoms with van der Waals surface area (Å²) in [5, 5.41) is 1.17. The zero-order valence-electron chi connectivity index (χ0n) is 21.2. The summed E-state index contributed by atoms with van der Waals surface area (Å²) in [5.74, 6) is 0.489. The molecule has 36 heavy (non-hydrogen) atoms. The number of carbonyl (C=O) groups is 1. The van der Waals surface area contributed by atoms with Gasteiger partial charge >= 0.3 is 0 Å². The van der Waals surface area contributed by atoms with Gasteiger partial charge in [0.15, 0.2) is 0 Å². The van der Waals surface area contributed by atoms with Crippen LogP contribution < -0.4 is 4.90 Å². The monoisotopic (exact) mass is 470 g/mol. The Labute approximate surface area is 212 Å². The molecule has 0 N–H and O–H groups in total.